The van der Waals surface area contributed by atoms with E-state index in [-0.39, 0.29) is 17.7 Å². The lowest BCUT2D eigenvalue weighted by molar-refractivity contribution is -0.114. The lowest BCUT2D eigenvalue weighted by Gasteiger charge is -2.10. The van der Waals surface area contributed by atoms with Gasteiger partial charge in [-0.15, -0.1) is 0 Å². The second-order valence-electron chi connectivity index (χ2n) is 6.70. The van der Waals surface area contributed by atoms with E-state index in [0.29, 0.717) is 29.0 Å². The van der Waals surface area contributed by atoms with Gasteiger partial charge in [-0.2, -0.15) is 0 Å². The van der Waals surface area contributed by atoms with Gasteiger partial charge in [0.15, 0.2) is 0 Å². The molecule has 0 spiro atoms. The van der Waals surface area contributed by atoms with Gasteiger partial charge >= 0.3 is 0 Å². The van der Waals surface area contributed by atoms with E-state index in [9.17, 15) is 14.4 Å². The summed E-state index contributed by atoms with van der Waals surface area (Å²) in [7, 11) is 3.98. The summed E-state index contributed by atoms with van der Waals surface area (Å²) in [5, 5.41) is 8.31. The van der Waals surface area contributed by atoms with Crippen LogP contribution < -0.4 is 16.0 Å². The Balaban J connectivity index is 1.89. The van der Waals surface area contributed by atoms with Crippen LogP contribution in [-0.2, 0) is 4.79 Å². The van der Waals surface area contributed by atoms with Crippen molar-refractivity contribution in [3.63, 3.8) is 0 Å². The van der Waals surface area contributed by atoms with Gasteiger partial charge in [0.25, 0.3) is 11.8 Å². The van der Waals surface area contributed by atoms with Crippen molar-refractivity contribution in [3.8, 4) is 0 Å². The first-order chi connectivity index (χ1) is 13.3. The fourth-order valence-electron chi connectivity index (χ4n) is 2.52. The average molecular weight is 382 g/mol. The van der Waals surface area contributed by atoms with Gasteiger partial charge in [-0.25, -0.2) is 0 Å². The molecule has 0 radical (unpaired) electrons. The zero-order chi connectivity index (χ0) is 20.5. The van der Waals surface area contributed by atoms with Gasteiger partial charge in [0.05, 0.1) is 0 Å². The van der Waals surface area contributed by atoms with Gasteiger partial charge in [0.1, 0.15) is 0 Å². The monoisotopic (exact) mass is 382 g/mol. The molecule has 0 heterocycles. The molecule has 0 atom stereocenters. The third kappa shape index (κ3) is 6.85. The summed E-state index contributed by atoms with van der Waals surface area (Å²) in [6, 6.07) is 13.3. The van der Waals surface area contributed by atoms with Gasteiger partial charge in [0.2, 0.25) is 5.91 Å². The number of carbonyl (C=O) groups excluding carboxylic acids is 3. The van der Waals surface area contributed by atoms with Crippen molar-refractivity contribution in [2.24, 2.45) is 0 Å². The molecule has 2 aromatic carbocycles. The lowest BCUT2D eigenvalue weighted by atomic mass is 10.1. The molecule has 0 aromatic heterocycles. The molecule has 0 aliphatic carbocycles. The largest absolute Gasteiger partial charge is 0.352 e. The van der Waals surface area contributed by atoms with Crippen molar-refractivity contribution in [1.82, 2.24) is 10.2 Å². The van der Waals surface area contributed by atoms with Crippen molar-refractivity contribution in [2.75, 3.05) is 37.8 Å². The Morgan fingerprint density at radius 1 is 0.786 bits per heavy atom. The zero-order valence-electron chi connectivity index (χ0n) is 16.4. The van der Waals surface area contributed by atoms with Crippen LogP contribution in [0.15, 0.2) is 48.5 Å². The zero-order valence-corrected chi connectivity index (χ0v) is 16.4. The Morgan fingerprint density at radius 2 is 1.29 bits per heavy atom. The van der Waals surface area contributed by atoms with Gasteiger partial charge in [-0.3, -0.25) is 14.4 Å². The molecular weight excluding hydrogens is 356 g/mol. The normalized spacial score (nSPS) is 10.4. The molecule has 2 rings (SSSR count). The average Bonchev–Trinajstić information content (AvgIpc) is 2.66. The molecule has 7 nitrogen and oxygen atoms in total. The van der Waals surface area contributed by atoms with Gasteiger partial charge < -0.3 is 20.9 Å². The third-order valence-corrected chi connectivity index (χ3v) is 3.94. The van der Waals surface area contributed by atoms with Crippen molar-refractivity contribution < 1.29 is 14.4 Å². The fraction of sp³-hybridized carbons (Fsp3) is 0.286. The van der Waals surface area contributed by atoms with Crippen LogP contribution in [0.5, 0.6) is 0 Å². The number of amides is 3. The molecular formula is C21H26N4O3. The molecule has 0 unspecified atom stereocenters. The predicted molar refractivity (Wildman–Crippen MR) is 111 cm³/mol. The van der Waals surface area contributed by atoms with Crippen molar-refractivity contribution in [2.45, 2.75) is 13.3 Å². The van der Waals surface area contributed by atoms with E-state index in [2.05, 4.69) is 20.9 Å². The van der Waals surface area contributed by atoms with Crippen LogP contribution in [0, 0.1) is 0 Å². The molecule has 0 saturated heterocycles. The van der Waals surface area contributed by atoms with Gasteiger partial charge in [-0.1, -0.05) is 0 Å². The van der Waals surface area contributed by atoms with Gasteiger partial charge in [0, 0.05) is 36.0 Å². The van der Waals surface area contributed by atoms with Crippen LogP contribution in [-0.4, -0.2) is 49.8 Å². The molecule has 28 heavy (non-hydrogen) atoms. The van der Waals surface area contributed by atoms with Crippen LogP contribution in [0.4, 0.5) is 11.4 Å². The predicted octanol–water partition coefficient (Wildman–Crippen LogP) is 2.58. The van der Waals surface area contributed by atoms with E-state index in [1.54, 1.807) is 48.5 Å². The molecule has 7 heteroatoms. The Bertz CT molecular complexity index is 815. The summed E-state index contributed by atoms with van der Waals surface area (Å²) in [6.07, 6.45) is 0.875. The topological polar surface area (TPSA) is 90.5 Å². The van der Waals surface area contributed by atoms with Crippen molar-refractivity contribution in [3.05, 3.63) is 59.7 Å². The molecule has 0 aliphatic heterocycles. The minimum Gasteiger partial charge on any atom is -0.352 e. The Hall–Kier alpha value is -3.19. The number of rotatable bonds is 8. The number of carbonyl (C=O) groups is 3. The summed E-state index contributed by atoms with van der Waals surface area (Å²) >= 11 is 0. The molecule has 2 aromatic rings. The standard InChI is InChI=1S/C21H26N4O3/c1-15(26)23-18-9-11-19(12-10-18)24-21(28)17-7-5-16(6-8-17)20(27)22-13-4-14-25(2)3/h5-12H,4,13-14H2,1-3H3,(H,22,27)(H,23,26)(H,24,28). The number of anilines is 2. The second-order valence-corrected chi connectivity index (χ2v) is 6.70. The number of nitrogens with zero attached hydrogens (tertiary/aromatic N) is 1. The lowest BCUT2D eigenvalue weighted by Crippen LogP contribution is -2.27. The molecule has 3 N–H and O–H groups in total. The summed E-state index contributed by atoms with van der Waals surface area (Å²) in [5.74, 6) is -0.580. The van der Waals surface area contributed by atoms with E-state index < -0.39 is 0 Å². The van der Waals surface area contributed by atoms with Crippen LogP contribution in [0.1, 0.15) is 34.1 Å². The smallest absolute Gasteiger partial charge is 0.255 e. The van der Waals surface area contributed by atoms with Crippen LogP contribution in [0.3, 0.4) is 0 Å². The van der Waals surface area contributed by atoms with E-state index in [0.717, 1.165) is 13.0 Å². The number of hydrogen-bond donors (Lipinski definition) is 3. The first-order valence-corrected chi connectivity index (χ1v) is 9.07. The van der Waals surface area contributed by atoms with Crippen LogP contribution in [0.2, 0.25) is 0 Å². The molecule has 0 fully saturated rings. The molecule has 0 bridgehead atoms. The summed E-state index contributed by atoms with van der Waals surface area (Å²) in [4.78, 5) is 37.5. The minimum atomic E-state index is -0.273. The summed E-state index contributed by atoms with van der Waals surface area (Å²) < 4.78 is 0. The molecule has 3 amide bonds. The number of hydrogen-bond acceptors (Lipinski definition) is 4. The number of benzene rings is 2. The highest BCUT2D eigenvalue weighted by atomic mass is 16.2. The second kappa shape index (κ2) is 10.2. The maximum Gasteiger partial charge on any atom is 0.255 e. The maximum absolute atomic E-state index is 12.3. The quantitative estimate of drug-likeness (QED) is 0.612. The number of nitrogens with one attached hydrogen (secondary N) is 3. The Labute approximate surface area is 165 Å². The maximum atomic E-state index is 12.3. The van der Waals surface area contributed by atoms with E-state index >= 15 is 0 Å². The molecule has 148 valence electrons. The summed E-state index contributed by atoms with van der Waals surface area (Å²) in [5.41, 5.74) is 2.24. The van der Waals surface area contributed by atoms with Crippen molar-refractivity contribution >= 4 is 29.1 Å². The third-order valence-electron chi connectivity index (χ3n) is 3.94. The van der Waals surface area contributed by atoms with E-state index in [1.165, 1.54) is 6.92 Å². The fourth-order valence-corrected chi connectivity index (χ4v) is 2.52. The van der Waals surface area contributed by atoms with Crippen molar-refractivity contribution in [1.29, 1.82) is 0 Å². The Morgan fingerprint density at radius 3 is 1.79 bits per heavy atom. The van der Waals surface area contributed by atoms with Crippen LogP contribution in [0.25, 0.3) is 0 Å². The highest BCUT2D eigenvalue weighted by Crippen LogP contribution is 2.15. The Kier molecular flexibility index (Phi) is 7.71. The highest BCUT2D eigenvalue weighted by molar-refractivity contribution is 6.05. The highest BCUT2D eigenvalue weighted by Gasteiger charge is 2.09. The first kappa shape index (κ1) is 21.1. The van der Waals surface area contributed by atoms with E-state index in [1.807, 2.05) is 14.1 Å². The SMILES string of the molecule is CC(=O)Nc1ccc(NC(=O)c2ccc(C(=O)NCCCN(C)C)cc2)cc1. The first-order valence-electron chi connectivity index (χ1n) is 9.07. The molecule has 0 saturated carbocycles. The van der Waals surface area contributed by atoms with E-state index in [4.69, 9.17) is 0 Å². The van der Waals surface area contributed by atoms with Crippen LogP contribution >= 0.6 is 0 Å². The molecule has 0 aliphatic rings. The summed E-state index contributed by atoms with van der Waals surface area (Å²) in [6.45, 7) is 2.95. The minimum absolute atomic E-state index is 0.153. The van der Waals surface area contributed by atoms with Gasteiger partial charge in [-0.05, 0) is 75.6 Å².